The van der Waals surface area contributed by atoms with Gasteiger partial charge < -0.3 is 15.2 Å². The van der Waals surface area contributed by atoms with Crippen molar-refractivity contribution in [3.05, 3.63) is 78.1 Å². The minimum Gasteiger partial charge on any atom is -0.505 e. The summed E-state index contributed by atoms with van der Waals surface area (Å²) in [4.78, 5) is 2.24. The van der Waals surface area contributed by atoms with Crippen LogP contribution in [0.25, 0.3) is 0 Å². The molecule has 0 bridgehead atoms. The summed E-state index contributed by atoms with van der Waals surface area (Å²) in [6.07, 6.45) is 0. The van der Waals surface area contributed by atoms with Crippen molar-refractivity contribution in [2.75, 3.05) is 12.4 Å². The number of anilines is 1. The van der Waals surface area contributed by atoms with Crippen molar-refractivity contribution >= 4 is 17.4 Å². The lowest BCUT2D eigenvalue weighted by atomic mass is 10.2. The second-order valence-corrected chi connectivity index (χ2v) is 6.52. The first-order valence-corrected chi connectivity index (χ1v) is 8.59. The van der Waals surface area contributed by atoms with E-state index in [1.807, 2.05) is 42.5 Å². The van der Waals surface area contributed by atoms with Crippen molar-refractivity contribution in [2.45, 2.75) is 16.3 Å². The number of phenols is 1. The van der Waals surface area contributed by atoms with E-state index in [0.29, 0.717) is 12.2 Å². The number of phenolic OH excluding ortho intramolecular Hbond substituents is 1. The Hall–Kier alpha value is -2.66. The summed E-state index contributed by atoms with van der Waals surface area (Å²) in [5.41, 5.74) is 1.73. The van der Waals surface area contributed by atoms with Crippen molar-refractivity contribution in [2.24, 2.45) is 0 Å². The van der Waals surface area contributed by atoms with Crippen LogP contribution in [-0.2, 0) is 6.54 Å². The van der Waals surface area contributed by atoms with Crippen LogP contribution in [0.1, 0.15) is 5.56 Å². The molecule has 0 saturated carbocycles. The first-order valence-electron chi connectivity index (χ1n) is 7.78. The molecular formula is C20H18FNO2S. The van der Waals surface area contributed by atoms with Gasteiger partial charge in [-0.05, 0) is 48.0 Å². The van der Waals surface area contributed by atoms with Gasteiger partial charge in [0.1, 0.15) is 5.75 Å². The largest absolute Gasteiger partial charge is 0.505 e. The lowest BCUT2D eigenvalue weighted by Crippen LogP contribution is -2.01. The van der Waals surface area contributed by atoms with Gasteiger partial charge in [-0.25, -0.2) is 4.39 Å². The number of rotatable bonds is 6. The van der Waals surface area contributed by atoms with Crippen LogP contribution >= 0.6 is 11.8 Å². The predicted octanol–water partition coefficient (Wildman–Crippen LogP) is 5.30. The molecule has 5 heteroatoms. The van der Waals surface area contributed by atoms with Gasteiger partial charge in [0.2, 0.25) is 0 Å². The van der Waals surface area contributed by atoms with Gasteiger partial charge in [0.25, 0.3) is 0 Å². The Morgan fingerprint density at radius 1 is 1.04 bits per heavy atom. The fraction of sp³-hybridized carbons (Fsp3) is 0.100. The fourth-order valence-electron chi connectivity index (χ4n) is 2.33. The predicted molar refractivity (Wildman–Crippen MR) is 99.0 cm³/mol. The summed E-state index contributed by atoms with van der Waals surface area (Å²) in [5.74, 6) is -0.152. The molecule has 0 heterocycles. The van der Waals surface area contributed by atoms with E-state index in [1.165, 1.54) is 12.1 Å². The zero-order valence-corrected chi connectivity index (χ0v) is 14.5. The van der Waals surface area contributed by atoms with Crippen LogP contribution in [0.3, 0.4) is 0 Å². The highest BCUT2D eigenvalue weighted by Crippen LogP contribution is 2.32. The average Bonchev–Trinajstić information content (AvgIpc) is 2.64. The van der Waals surface area contributed by atoms with Crippen LogP contribution < -0.4 is 10.1 Å². The number of ether oxygens (including phenoxy) is 1. The highest BCUT2D eigenvalue weighted by molar-refractivity contribution is 7.99. The minimum atomic E-state index is -0.633. The number of hydrogen-bond acceptors (Lipinski definition) is 4. The van der Waals surface area contributed by atoms with Crippen molar-refractivity contribution in [1.29, 1.82) is 0 Å². The highest BCUT2D eigenvalue weighted by Gasteiger charge is 2.06. The maximum absolute atomic E-state index is 13.4. The molecule has 0 saturated heterocycles. The minimum absolute atomic E-state index is 0.346. The zero-order valence-electron chi connectivity index (χ0n) is 13.7. The maximum atomic E-state index is 13.4. The Kier molecular flexibility index (Phi) is 5.46. The van der Waals surface area contributed by atoms with Gasteiger partial charge in [-0.3, -0.25) is 0 Å². The quantitative estimate of drug-likeness (QED) is 0.589. The molecule has 2 N–H and O–H groups in total. The number of benzene rings is 3. The molecule has 25 heavy (non-hydrogen) atoms. The summed E-state index contributed by atoms with van der Waals surface area (Å²) in [7, 11) is 1.65. The summed E-state index contributed by atoms with van der Waals surface area (Å²) in [6, 6.07) is 20.2. The van der Waals surface area contributed by atoms with Crippen LogP contribution in [0.2, 0.25) is 0 Å². The standard InChI is InChI=1S/C20H18FNO2S/c1-24-16-7-9-17(10-8-16)25-20-5-3-2-4-14(20)13-22-15-6-11-19(23)18(21)12-15/h2-12,22-23H,13H2,1H3. The van der Waals surface area contributed by atoms with E-state index in [1.54, 1.807) is 24.9 Å². The average molecular weight is 355 g/mol. The van der Waals surface area contributed by atoms with Gasteiger partial charge in [-0.1, -0.05) is 30.0 Å². The van der Waals surface area contributed by atoms with E-state index >= 15 is 0 Å². The maximum Gasteiger partial charge on any atom is 0.166 e. The van der Waals surface area contributed by atoms with Gasteiger partial charge in [-0.15, -0.1) is 0 Å². The van der Waals surface area contributed by atoms with Crippen molar-refractivity contribution in [3.8, 4) is 11.5 Å². The fourth-order valence-corrected chi connectivity index (χ4v) is 3.28. The lowest BCUT2D eigenvalue weighted by Gasteiger charge is -2.12. The van der Waals surface area contributed by atoms with Crippen LogP contribution in [0.15, 0.2) is 76.5 Å². The molecule has 0 amide bonds. The van der Waals surface area contributed by atoms with Crippen LogP contribution in [0.4, 0.5) is 10.1 Å². The van der Waals surface area contributed by atoms with E-state index in [-0.39, 0.29) is 5.75 Å². The summed E-state index contributed by atoms with van der Waals surface area (Å²) >= 11 is 1.66. The molecule has 0 fully saturated rings. The lowest BCUT2D eigenvalue weighted by molar-refractivity contribution is 0.414. The molecule has 3 nitrogen and oxygen atoms in total. The Morgan fingerprint density at radius 2 is 1.80 bits per heavy atom. The Bertz CT molecular complexity index is 853. The van der Waals surface area contributed by atoms with Gasteiger partial charge in [-0.2, -0.15) is 0 Å². The normalized spacial score (nSPS) is 10.5. The zero-order chi connectivity index (χ0) is 17.6. The van der Waals surface area contributed by atoms with Crippen molar-refractivity contribution < 1.29 is 14.2 Å². The van der Waals surface area contributed by atoms with Gasteiger partial charge in [0.05, 0.1) is 7.11 Å². The van der Waals surface area contributed by atoms with Gasteiger partial charge in [0.15, 0.2) is 11.6 Å². The number of hydrogen-bond donors (Lipinski definition) is 2. The Labute approximate surface area is 150 Å². The molecule has 3 aromatic carbocycles. The molecule has 0 unspecified atom stereocenters. The monoisotopic (exact) mass is 355 g/mol. The molecule has 0 aromatic heterocycles. The highest BCUT2D eigenvalue weighted by atomic mass is 32.2. The molecule has 128 valence electrons. The third kappa shape index (κ3) is 4.45. The molecule has 0 aliphatic carbocycles. The molecular weight excluding hydrogens is 337 g/mol. The number of methoxy groups -OCH3 is 1. The van der Waals surface area contributed by atoms with Gasteiger partial charge in [0, 0.05) is 28.1 Å². The van der Waals surface area contributed by atoms with Crippen molar-refractivity contribution in [3.63, 3.8) is 0 Å². The van der Waals surface area contributed by atoms with Crippen LogP contribution in [0.5, 0.6) is 11.5 Å². The number of nitrogens with one attached hydrogen (secondary N) is 1. The number of aromatic hydroxyl groups is 1. The first kappa shape index (κ1) is 17.2. The molecule has 0 radical (unpaired) electrons. The second-order valence-electron chi connectivity index (χ2n) is 5.41. The van der Waals surface area contributed by atoms with E-state index in [0.717, 1.165) is 21.1 Å². The summed E-state index contributed by atoms with van der Waals surface area (Å²) < 4.78 is 18.6. The van der Waals surface area contributed by atoms with E-state index in [2.05, 4.69) is 11.4 Å². The third-order valence-electron chi connectivity index (χ3n) is 3.69. The first-order chi connectivity index (χ1) is 12.2. The second kappa shape index (κ2) is 7.94. The van der Waals surface area contributed by atoms with E-state index in [4.69, 9.17) is 4.74 Å². The SMILES string of the molecule is COc1ccc(Sc2ccccc2CNc2ccc(O)c(F)c2)cc1. The molecule has 3 rings (SSSR count). The molecule has 0 atom stereocenters. The molecule has 3 aromatic rings. The van der Waals surface area contributed by atoms with Crippen molar-refractivity contribution in [1.82, 2.24) is 0 Å². The third-order valence-corrected chi connectivity index (χ3v) is 4.82. The summed E-state index contributed by atoms with van der Waals surface area (Å²) in [6.45, 7) is 0.559. The Balaban J connectivity index is 1.72. The topological polar surface area (TPSA) is 41.5 Å². The van der Waals surface area contributed by atoms with E-state index < -0.39 is 5.82 Å². The smallest absolute Gasteiger partial charge is 0.166 e. The van der Waals surface area contributed by atoms with E-state index in [9.17, 15) is 9.50 Å². The van der Waals surface area contributed by atoms with Gasteiger partial charge >= 0.3 is 0 Å². The molecule has 0 aliphatic heterocycles. The Morgan fingerprint density at radius 3 is 2.52 bits per heavy atom. The number of halogens is 1. The van der Waals surface area contributed by atoms with Crippen LogP contribution in [0, 0.1) is 5.82 Å². The van der Waals surface area contributed by atoms with Crippen LogP contribution in [-0.4, -0.2) is 12.2 Å². The molecule has 0 aliphatic rings. The molecule has 0 spiro atoms. The summed E-state index contributed by atoms with van der Waals surface area (Å²) in [5, 5.41) is 12.4.